The van der Waals surface area contributed by atoms with Crippen molar-refractivity contribution in [2.45, 2.75) is 12.1 Å². The molecule has 0 aromatic heterocycles. The molecule has 0 spiro atoms. The van der Waals surface area contributed by atoms with Gasteiger partial charge in [-0.25, -0.2) is 0 Å². The zero-order chi connectivity index (χ0) is 13.8. The highest BCUT2D eigenvalue weighted by atomic mass is 35.5. The van der Waals surface area contributed by atoms with E-state index in [1.54, 1.807) is 30.0 Å². The summed E-state index contributed by atoms with van der Waals surface area (Å²) in [7, 11) is 0. The fraction of sp³-hybridized carbons (Fsp3) is 0.417. The second-order valence-corrected chi connectivity index (χ2v) is 6.01. The molecule has 1 saturated heterocycles. The number of halogens is 2. The molecule has 1 heterocycles. The Bertz CT molecular complexity index is 447. The molecule has 0 aliphatic carbocycles. The molecular formula is C12H14Cl2N2O2S. The molecule has 0 bridgehead atoms. The van der Waals surface area contributed by atoms with Gasteiger partial charge in [-0.05, 0) is 12.1 Å². The molecule has 7 heteroatoms. The molecule has 0 saturated carbocycles. The third-order valence-corrected chi connectivity index (χ3v) is 4.43. The van der Waals surface area contributed by atoms with Gasteiger partial charge in [-0.3, -0.25) is 10.1 Å². The first-order valence-corrected chi connectivity index (χ1v) is 7.71. The van der Waals surface area contributed by atoms with Crippen molar-refractivity contribution >= 4 is 40.9 Å². The number of thioether (sulfide) groups is 1. The molecule has 0 radical (unpaired) electrons. The monoisotopic (exact) mass is 320 g/mol. The Kier molecular flexibility index (Phi) is 5.36. The highest BCUT2D eigenvalue weighted by molar-refractivity contribution is 7.99. The number of carbonyl (C=O) groups excluding carboxylic acids is 1. The highest BCUT2D eigenvalue weighted by Crippen LogP contribution is 2.29. The first-order valence-electron chi connectivity index (χ1n) is 5.80. The van der Waals surface area contributed by atoms with Crippen LogP contribution >= 0.6 is 35.0 Å². The van der Waals surface area contributed by atoms with Crippen LogP contribution in [0.3, 0.4) is 0 Å². The van der Waals surface area contributed by atoms with Crippen molar-refractivity contribution in [3.63, 3.8) is 0 Å². The molecule has 2 unspecified atom stereocenters. The minimum Gasteiger partial charge on any atom is -0.386 e. The molecule has 19 heavy (non-hydrogen) atoms. The van der Waals surface area contributed by atoms with E-state index in [9.17, 15) is 9.90 Å². The summed E-state index contributed by atoms with van der Waals surface area (Å²) in [5.74, 6) is 1.40. The summed E-state index contributed by atoms with van der Waals surface area (Å²) in [6, 6.07) is 4.82. The predicted octanol–water partition coefficient (Wildman–Crippen LogP) is 1.81. The maximum Gasteiger partial charge on any atom is 0.238 e. The van der Waals surface area contributed by atoms with Gasteiger partial charge in [0.2, 0.25) is 5.91 Å². The lowest BCUT2D eigenvalue weighted by atomic mass is 10.1. The summed E-state index contributed by atoms with van der Waals surface area (Å²) in [6.07, 6.45) is -0.917. The van der Waals surface area contributed by atoms with Crippen LogP contribution in [0.15, 0.2) is 18.2 Å². The lowest BCUT2D eigenvalue weighted by Gasteiger charge is -2.16. The van der Waals surface area contributed by atoms with Gasteiger partial charge in [0.05, 0.1) is 12.1 Å². The Hall–Kier alpha value is -0.460. The molecule has 1 amide bonds. The van der Waals surface area contributed by atoms with E-state index in [1.807, 2.05) is 0 Å². The largest absolute Gasteiger partial charge is 0.386 e. The van der Waals surface area contributed by atoms with Gasteiger partial charge in [0.15, 0.2) is 0 Å². The number of aliphatic hydroxyl groups excluding tert-OH is 1. The Labute approximate surface area is 125 Å². The lowest BCUT2D eigenvalue weighted by molar-refractivity contribution is -0.122. The SMILES string of the molecule is O=C(NCC(O)c1c(Cl)cccc1Cl)C1CSCN1. The molecule has 1 aromatic rings. The van der Waals surface area contributed by atoms with Crippen molar-refractivity contribution in [1.29, 1.82) is 0 Å². The molecule has 3 N–H and O–H groups in total. The molecule has 104 valence electrons. The van der Waals surface area contributed by atoms with Crippen LogP contribution in [0, 0.1) is 0 Å². The zero-order valence-electron chi connectivity index (χ0n) is 10.0. The number of hydrogen-bond donors (Lipinski definition) is 3. The van der Waals surface area contributed by atoms with Crippen LogP contribution in [0.25, 0.3) is 0 Å². The van der Waals surface area contributed by atoms with Gasteiger partial charge in [-0.2, -0.15) is 0 Å². The Morgan fingerprint density at radius 1 is 1.53 bits per heavy atom. The second kappa shape index (κ2) is 6.81. The third kappa shape index (κ3) is 3.77. The number of carbonyl (C=O) groups is 1. The Morgan fingerprint density at radius 2 is 2.21 bits per heavy atom. The molecule has 4 nitrogen and oxygen atoms in total. The maximum atomic E-state index is 11.8. The fourth-order valence-corrected chi connectivity index (χ4v) is 3.41. The van der Waals surface area contributed by atoms with Crippen molar-refractivity contribution in [2.75, 3.05) is 18.2 Å². The maximum absolute atomic E-state index is 11.8. The van der Waals surface area contributed by atoms with Crippen LogP contribution in [0.5, 0.6) is 0 Å². The normalized spacial score (nSPS) is 20.3. The van der Waals surface area contributed by atoms with E-state index in [2.05, 4.69) is 10.6 Å². The highest BCUT2D eigenvalue weighted by Gasteiger charge is 2.23. The molecule has 2 atom stereocenters. The fourth-order valence-electron chi connectivity index (χ4n) is 1.82. The Morgan fingerprint density at radius 3 is 2.79 bits per heavy atom. The smallest absolute Gasteiger partial charge is 0.238 e. The minimum absolute atomic E-state index is 0.0884. The van der Waals surface area contributed by atoms with E-state index in [4.69, 9.17) is 23.2 Å². The minimum atomic E-state index is -0.917. The van der Waals surface area contributed by atoms with Crippen molar-refractivity contribution in [1.82, 2.24) is 10.6 Å². The standard InChI is InChI=1S/C12H14Cl2N2O2S/c13-7-2-1-3-8(14)11(7)10(17)4-15-12(18)9-5-19-6-16-9/h1-3,9-10,16-17H,4-6H2,(H,15,18). The van der Waals surface area contributed by atoms with Crippen LogP contribution in [-0.4, -0.2) is 35.2 Å². The van der Waals surface area contributed by atoms with Crippen LogP contribution in [0.4, 0.5) is 0 Å². The van der Waals surface area contributed by atoms with E-state index in [0.29, 0.717) is 15.6 Å². The van der Waals surface area contributed by atoms with Crippen LogP contribution in [0.1, 0.15) is 11.7 Å². The number of aliphatic hydroxyl groups is 1. The number of rotatable bonds is 4. The first kappa shape index (κ1) is 14.9. The topological polar surface area (TPSA) is 61.4 Å². The van der Waals surface area contributed by atoms with Gasteiger partial charge in [0, 0.05) is 33.8 Å². The summed E-state index contributed by atoms with van der Waals surface area (Å²) in [4.78, 5) is 11.8. The summed E-state index contributed by atoms with van der Waals surface area (Å²) in [5.41, 5.74) is 0.444. The van der Waals surface area contributed by atoms with E-state index in [-0.39, 0.29) is 18.5 Å². The van der Waals surface area contributed by atoms with Crippen LogP contribution in [-0.2, 0) is 4.79 Å². The number of nitrogens with one attached hydrogen (secondary N) is 2. The van der Waals surface area contributed by atoms with Gasteiger partial charge >= 0.3 is 0 Å². The summed E-state index contributed by atoms with van der Waals surface area (Å²) >= 11 is 13.7. The summed E-state index contributed by atoms with van der Waals surface area (Å²) in [5, 5.41) is 16.6. The van der Waals surface area contributed by atoms with Gasteiger partial charge < -0.3 is 10.4 Å². The van der Waals surface area contributed by atoms with Crippen LogP contribution in [0.2, 0.25) is 10.0 Å². The molecule has 1 aromatic carbocycles. The quantitative estimate of drug-likeness (QED) is 0.791. The van der Waals surface area contributed by atoms with Gasteiger partial charge in [0.1, 0.15) is 0 Å². The van der Waals surface area contributed by atoms with Crippen molar-refractivity contribution in [2.24, 2.45) is 0 Å². The zero-order valence-corrected chi connectivity index (χ0v) is 12.4. The van der Waals surface area contributed by atoms with E-state index in [1.165, 1.54) is 0 Å². The molecular weight excluding hydrogens is 307 g/mol. The summed E-state index contributed by atoms with van der Waals surface area (Å²) in [6.45, 7) is 0.0884. The van der Waals surface area contributed by atoms with Gasteiger partial charge in [-0.1, -0.05) is 29.3 Å². The lowest BCUT2D eigenvalue weighted by Crippen LogP contribution is -2.43. The summed E-state index contributed by atoms with van der Waals surface area (Å²) < 4.78 is 0. The van der Waals surface area contributed by atoms with Crippen molar-refractivity contribution < 1.29 is 9.90 Å². The van der Waals surface area contributed by atoms with Crippen LogP contribution < -0.4 is 10.6 Å². The van der Waals surface area contributed by atoms with Crippen molar-refractivity contribution in [3.8, 4) is 0 Å². The second-order valence-electron chi connectivity index (χ2n) is 4.17. The van der Waals surface area contributed by atoms with E-state index >= 15 is 0 Å². The average molecular weight is 321 g/mol. The average Bonchev–Trinajstić information content (AvgIpc) is 2.89. The van der Waals surface area contributed by atoms with Gasteiger partial charge in [0.25, 0.3) is 0 Å². The van der Waals surface area contributed by atoms with E-state index < -0.39 is 6.10 Å². The molecule has 1 fully saturated rings. The Balaban J connectivity index is 1.93. The van der Waals surface area contributed by atoms with Crippen molar-refractivity contribution in [3.05, 3.63) is 33.8 Å². The number of amides is 1. The first-order chi connectivity index (χ1) is 9.09. The molecule has 2 rings (SSSR count). The third-order valence-electron chi connectivity index (χ3n) is 2.84. The van der Waals surface area contributed by atoms with E-state index in [0.717, 1.165) is 11.6 Å². The number of benzene rings is 1. The predicted molar refractivity (Wildman–Crippen MR) is 78.7 cm³/mol. The molecule has 1 aliphatic heterocycles. The number of hydrogen-bond acceptors (Lipinski definition) is 4. The molecule has 1 aliphatic rings. The van der Waals surface area contributed by atoms with Gasteiger partial charge in [-0.15, -0.1) is 11.8 Å².